The van der Waals surface area contributed by atoms with E-state index in [2.05, 4.69) is 43.1 Å². The van der Waals surface area contributed by atoms with Crippen LogP contribution in [0.3, 0.4) is 0 Å². The van der Waals surface area contributed by atoms with E-state index in [1.807, 2.05) is 12.1 Å². The van der Waals surface area contributed by atoms with E-state index in [0.717, 1.165) is 43.7 Å². The van der Waals surface area contributed by atoms with Crippen LogP contribution in [0.25, 0.3) is 0 Å². The largest absolute Gasteiger partial charge is 0.365 e. The molecular weight excluding hydrogens is 265 g/mol. The average molecular weight is 293 g/mol. The lowest BCUT2D eigenvalue weighted by Gasteiger charge is -2.29. The minimum absolute atomic E-state index is 0.0938. The highest BCUT2D eigenvalue weighted by molar-refractivity contribution is 5.51. The van der Waals surface area contributed by atoms with Crippen LogP contribution in [0, 0.1) is 5.82 Å². The standard InChI is InChI=1S/C17H28FN3/c1-13(2)19-11-14-7-8-17(16(18)10-14)21-9-5-6-15(21)12-20(3)4/h7-8,10,13,15,19H,5-6,9,11-12H2,1-4H3. The number of anilines is 1. The van der Waals surface area contributed by atoms with Crippen LogP contribution >= 0.6 is 0 Å². The van der Waals surface area contributed by atoms with Crippen molar-refractivity contribution in [2.75, 3.05) is 32.1 Å². The molecule has 0 radical (unpaired) electrons. The van der Waals surface area contributed by atoms with Gasteiger partial charge < -0.3 is 15.1 Å². The molecule has 1 aliphatic rings. The van der Waals surface area contributed by atoms with Gasteiger partial charge in [-0.1, -0.05) is 19.9 Å². The van der Waals surface area contributed by atoms with Crippen molar-refractivity contribution in [1.29, 1.82) is 0 Å². The second kappa shape index (κ2) is 7.23. The fraction of sp³-hybridized carbons (Fsp3) is 0.647. The molecule has 1 aliphatic heterocycles. The molecule has 1 aromatic carbocycles. The van der Waals surface area contributed by atoms with Gasteiger partial charge >= 0.3 is 0 Å². The van der Waals surface area contributed by atoms with Gasteiger partial charge in [-0.25, -0.2) is 4.39 Å². The van der Waals surface area contributed by atoms with Crippen molar-refractivity contribution in [3.63, 3.8) is 0 Å². The summed E-state index contributed by atoms with van der Waals surface area (Å²) in [5.41, 5.74) is 1.76. The molecule has 1 aromatic rings. The van der Waals surface area contributed by atoms with Crippen LogP contribution < -0.4 is 10.2 Å². The van der Waals surface area contributed by atoms with E-state index in [1.54, 1.807) is 6.07 Å². The molecule has 2 rings (SSSR count). The van der Waals surface area contributed by atoms with Gasteiger partial charge in [-0.3, -0.25) is 0 Å². The molecule has 0 amide bonds. The second-order valence-corrected chi connectivity index (χ2v) is 6.57. The number of nitrogens with one attached hydrogen (secondary N) is 1. The minimum atomic E-state index is -0.0938. The van der Waals surface area contributed by atoms with Gasteiger partial charge in [0, 0.05) is 31.7 Å². The van der Waals surface area contributed by atoms with Crippen molar-refractivity contribution in [1.82, 2.24) is 10.2 Å². The summed E-state index contributed by atoms with van der Waals surface area (Å²) in [6, 6.07) is 6.50. The average Bonchev–Trinajstić information content (AvgIpc) is 2.83. The summed E-state index contributed by atoms with van der Waals surface area (Å²) in [7, 11) is 4.15. The lowest BCUT2D eigenvalue weighted by molar-refractivity contribution is 0.371. The Labute approximate surface area is 128 Å². The van der Waals surface area contributed by atoms with Gasteiger partial charge in [0.15, 0.2) is 0 Å². The zero-order chi connectivity index (χ0) is 15.4. The number of nitrogens with zero attached hydrogens (tertiary/aromatic N) is 2. The molecule has 1 fully saturated rings. The first-order valence-electron chi connectivity index (χ1n) is 7.90. The fourth-order valence-corrected chi connectivity index (χ4v) is 2.98. The molecule has 1 heterocycles. The van der Waals surface area contributed by atoms with Crippen molar-refractivity contribution in [3.05, 3.63) is 29.6 Å². The van der Waals surface area contributed by atoms with Crippen LogP contribution in [0.5, 0.6) is 0 Å². The third-order valence-corrected chi connectivity index (χ3v) is 3.99. The van der Waals surface area contributed by atoms with E-state index in [1.165, 1.54) is 0 Å². The van der Waals surface area contributed by atoms with E-state index in [0.29, 0.717) is 12.1 Å². The highest BCUT2D eigenvalue weighted by atomic mass is 19.1. The van der Waals surface area contributed by atoms with E-state index >= 15 is 0 Å². The summed E-state index contributed by atoms with van der Waals surface area (Å²) in [5.74, 6) is -0.0938. The molecule has 1 atom stereocenters. The minimum Gasteiger partial charge on any atom is -0.365 e. The zero-order valence-corrected chi connectivity index (χ0v) is 13.7. The molecule has 1 saturated heterocycles. The summed E-state index contributed by atoms with van der Waals surface area (Å²) in [4.78, 5) is 4.41. The quantitative estimate of drug-likeness (QED) is 0.870. The first-order chi connectivity index (χ1) is 9.97. The molecule has 1 unspecified atom stereocenters. The molecule has 0 saturated carbocycles. The normalized spacial score (nSPS) is 19.0. The summed E-state index contributed by atoms with van der Waals surface area (Å²) in [6.07, 6.45) is 2.29. The predicted molar refractivity (Wildman–Crippen MR) is 87.3 cm³/mol. The number of benzene rings is 1. The lowest BCUT2D eigenvalue weighted by Crippen LogP contribution is -2.38. The maximum absolute atomic E-state index is 14.5. The molecule has 3 nitrogen and oxygen atoms in total. The third-order valence-electron chi connectivity index (χ3n) is 3.99. The van der Waals surface area contributed by atoms with Crippen LogP contribution in [-0.2, 0) is 6.54 Å². The highest BCUT2D eigenvalue weighted by Gasteiger charge is 2.27. The van der Waals surface area contributed by atoms with E-state index in [9.17, 15) is 4.39 Å². The first-order valence-corrected chi connectivity index (χ1v) is 7.90. The fourth-order valence-electron chi connectivity index (χ4n) is 2.98. The van der Waals surface area contributed by atoms with Crippen molar-refractivity contribution in [2.45, 2.75) is 45.3 Å². The van der Waals surface area contributed by atoms with Crippen LogP contribution in [0.1, 0.15) is 32.3 Å². The summed E-state index contributed by atoms with van der Waals surface area (Å²) in [5, 5.41) is 3.33. The van der Waals surface area contributed by atoms with Gasteiger partial charge in [0.25, 0.3) is 0 Å². The molecule has 4 heteroatoms. The smallest absolute Gasteiger partial charge is 0.146 e. The van der Waals surface area contributed by atoms with Gasteiger partial charge in [0.1, 0.15) is 5.82 Å². The Balaban J connectivity index is 2.09. The van der Waals surface area contributed by atoms with Crippen molar-refractivity contribution < 1.29 is 4.39 Å². The zero-order valence-electron chi connectivity index (χ0n) is 13.7. The van der Waals surface area contributed by atoms with Gasteiger partial charge in [0.2, 0.25) is 0 Å². The molecule has 0 aliphatic carbocycles. The number of likely N-dealkylation sites (N-methyl/N-ethyl adjacent to an activating group) is 1. The maximum atomic E-state index is 14.5. The summed E-state index contributed by atoms with van der Waals surface area (Å²) < 4.78 is 14.5. The number of hydrogen-bond donors (Lipinski definition) is 1. The Morgan fingerprint density at radius 3 is 2.76 bits per heavy atom. The monoisotopic (exact) mass is 293 g/mol. The van der Waals surface area contributed by atoms with Gasteiger partial charge in [-0.05, 0) is 44.6 Å². The Kier molecular flexibility index (Phi) is 5.59. The topological polar surface area (TPSA) is 18.5 Å². The third kappa shape index (κ3) is 4.42. The van der Waals surface area contributed by atoms with Crippen LogP contribution in [0.4, 0.5) is 10.1 Å². The lowest BCUT2D eigenvalue weighted by atomic mass is 10.1. The Bertz CT molecular complexity index is 459. The summed E-state index contributed by atoms with van der Waals surface area (Å²) in [6.45, 7) is 6.85. The van der Waals surface area contributed by atoms with Crippen molar-refractivity contribution in [3.8, 4) is 0 Å². The Hall–Kier alpha value is -1.13. The molecule has 1 N–H and O–H groups in total. The molecule has 0 spiro atoms. The predicted octanol–water partition coefficient (Wildman–Crippen LogP) is 2.85. The van der Waals surface area contributed by atoms with E-state index in [4.69, 9.17) is 0 Å². The Morgan fingerprint density at radius 2 is 2.14 bits per heavy atom. The van der Waals surface area contributed by atoms with Crippen molar-refractivity contribution in [2.24, 2.45) is 0 Å². The molecule has 0 aromatic heterocycles. The maximum Gasteiger partial charge on any atom is 0.146 e. The molecule has 21 heavy (non-hydrogen) atoms. The summed E-state index contributed by atoms with van der Waals surface area (Å²) >= 11 is 0. The highest BCUT2D eigenvalue weighted by Crippen LogP contribution is 2.28. The molecule has 118 valence electrons. The first kappa shape index (κ1) is 16.2. The number of rotatable bonds is 6. The Morgan fingerprint density at radius 1 is 1.38 bits per heavy atom. The van der Waals surface area contributed by atoms with E-state index in [-0.39, 0.29) is 5.82 Å². The van der Waals surface area contributed by atoms with Crippen molar-refractivity contribution >= 4 is 5.69 Å². The number of halogens is 1. The molecular formula is C17H28FN3. The second-order valence-electron chi connectivity index (χ2n) is 6.57. The van der Waals surface area contributed by atoms with Crippen LogP contribution in [-0.4, -0.2) is 44.2 Å². The van der Waals surface area contributed by atoms with E-state index < -0.39 is 0 Å². The van der Waals surface area contributed by atoms with Gasteiger partial charge in [-0.15, -0.1) is 0 Å². The van der Waals surface area contributed by atoms with Gasteiger partial charge in [-0.2, -0.15) is 0 Å². The molecule has 0 bridgehead atoms. The van der Waals surface area contributed by atoms with Crippen LogP contribution in [0.15, 0.2) is 18.2 Å². The van der Waals surface area contributed by atoms with Crippen LogP contribution in [0.2, 0.25) is 0 Å². The SMILES string of the molecule is CC(C)NCc1ccc(N2CCCC2CN(C)C)c(F)c1. The van der Waals surface area contributed by atoms with Gasteiger partial charge in [0.05, 0.1) is 5.69 Å². The number of hydrogen-bond acceptors (Lipinski definition) is 3.